The van der Waals surface area contributed by atoms with Gasteiger partial charge in [0.25, 0.3) is 5.89 Å². The number of hydrogen-bond acceptors (Lipinski definition) is 4. The summed E-state index contributed by atoms with van der Waals surface area (Å²) in [5.74, 6) is -0.0740. The highest BCUT2D eigenvalue weighted by atomic mass is 35.5. The lowest BCUT2D eigenvalue weighted by Crippen LogP contribution is -1.86. The quantitative estimate of drug-likeness (QED) is 0.674. The van der Waals surface area contributed by atoms with E-state index < -0.39 is 5.82 Å². The third-order valence-corrected chi connectivity index (χ3v) is 3.97. The van der Waals surface area contributed by atoms with Crippen LogP contribution in [0.3, 0.4) is 0 Å². The van der Waals surface area contributed by atoms with E-state index in [1.54, 1.807) is 12.1 Å². The standard InChI is InChI=1S/C12H5Cl2FN2OS/c13-6-1-2-7(9(15)5-6)11-16-12(18-17-11)10-8(14)3-4-19-10/h1-5H. The van der Waals surface area contributed by atoms with Gasteiger partial charge in [0, 0.05) is 5.02 Å². The predicted molar refractivity (Wildman–Crippen MR) is 73.0 cm³/mol. The molecule has 0 unspecified atom stereocenters. The maximum Gasteiger partial charge on any atom is 0.269 e. The number of halogens is 3. The Kier molecular flexibility index (Phi) is 3.26. The van der Waals surface area contributed by atoms with Gasteiger partial charge in [-0.1, -0.05) is 28.4 Å². The lowest BCUT2D eigenvalue weighted by atomic mass is 10.2. The number of nitrogens with zero attached hydrogens (tertiary/aromatic N) is 2. The molecule has 0 spiro atoms. The summed E-state index contributed by atoms with van der Waals surface area (Å²) < 4.78 is 18.8. The molecule has 96 valence electrons. The van der Waals surface area contributed by atoms with Crippen molar-refractivity contribution in [3.8, 4) is 22.2 Å². The maximum atomic E-state index is 13.7. The van der Waals surface area contributed by atoms with Gasteiger partial charge in [-0.3, -0.25) is 0 Å². The van der Waals surface area contributed by atoms with E-state index >= 15 is 0 Å². The zero-order valence-corrected chi connectivity index (χ0v) is 11.6. The van der Waals surface area contributed by atoms with Crippen LogP contribution in [0.15, 0.2) is 34.2 Å². The Balaban J connectivity index is 2.04. The Morgan fingerprint density at radius 1 is 1.21 bits per heavy atom. The van der Waals surface area contributed by atoms with Crippen LogP contribution in [0.4, 0.5) is 4.39 Å². The van der Waals surface area contributed by atoms with Crippen molar-refractivity contribution in [1.29, 1.82) is 0 Å². The zero-order valence-electron chi connectivity index (χ0n) is 9.23. The summed E-state index contributed by atoms with van der Waals surface area (Å²) in [7, 11) is 0. The van der Waals surface area contributed by atoms with Gasteiger partial charge in [0.15, 0.2) is 0 Å². The molecule has 3 rings (SSSR count). The highest BCUT2D eigenvalue weighted by Gasteiger charge is 2.16. The van der Waals surface area contributed by atoms with Crippen LogP contribution in [0.5, 0.6) is 0 Å². The van der Waals surface area contributed by atoms with Crippen LogP contribution in [-0.2, 0) is 0 Å². The lowest BCUT2D eigenvalue weighted by Gasteiger charge is -1.97. The molecule has 0 aliphatic rings. The molecule has 0 amide bonds. The molecule has 3 nitrogen and oxygen atoms in total. The van der Waals surface area contributed by atoms with Gasteiger partial charge in [-0.05, 0) is 29.6 Å². The summed E-state index contributed by atoms with van der Waals surface area (Å²) in [6, 6.07) is 6.00. The first-order chi connectivity index (χ1) is 9.15. The number of rotatable bonds is 2. The SMILES string of the molecule is Fc1cc(Cl)ccc1-c1noc(-c2sccc2Cl)n1. The maximum absolute atomic E-state index is 13.7. The van der Waals surface area contributed by atoms with Crippen molar-refractivity contribution in [2.24, 2.45) is 0 Å². The molecular formula is C12H5Cl2FN2OS. The summed E-state index contributed by atoms with van der Waals surface area (Å²) in [5.41, 5.74) is 0.229. The highest BCUT2D eigenvalue weighted by Crippen LogP contribution is 2.33. The third kappa shape index (κ3) is 2.36. The molecule has 0 aliphatic carbocycles. The van der Waals surface area contributed by atoms with Crippen molar-refractivity contribution >= 4 is 34.5 Å². The minimum atomic E-state index is -0.503. The lowest BCUT2D eigenvalue weighted by molar-refractivity contribution is 0.433. The average Bonchev–Trinajstić information content (AvgIpc) is 2.97. The van der Waals surface area contributed by atoms with Gasteiger partial charge in [0.1, 0.15) is 10.7 Å². The van der Waals surface area contributed by atoms with Crippen molar-refractivity contribution in [1.82, 2.24) is 10.1 Å². The first-order valence-electron chi connectivity index (χ1n) is 5.17. The second kappa shape index (κ2) is 4.92. The van der Waals surface area contributed by atoms with Crippen molar-refractivity contribution in [3.05, 3.63) is 45.5 Å². The Labute approximate surface area is 121 Å². The van der Waals surface area contributed by atoms with Gasteiger partial charge in [-0.25, -0.2) is 4.39 Å². The van der Waals surface area contributed by atoms with Crippen LogP contribution in [0.25, 0.3) is 22.2 Å². The summed E-state index contributed by atoms with van der Waals surface area (Å²) in [6.45, 7) is 0. The summed E-state index contributed by atoms with van der Waals surface area (Å²) in [4.78, 5) is 4.80. The summed E-state index contributed by atoms with van der Waals surface area (Å²) in [5, 5.41) is 6.40. The fourth-order valence-corrected chi connectivity index (χ4v) is 2.76. The number of aromatic nitrogens is 2. The molecule has 2 aromatic heterocycles. The van der Waals surface area contributed by atoms with E-state index in [0.717, 1.165) is 0 Å². The largest absolute Gasteiger partial charge is 0.333 e. The van der Waals surface area contributed by atoms with Crippen molar-refractivity contribution in [2.75, 3.05) is 0 Å². The Bertz CT molecular complexity index is 741. The van der Waals surface area contributed by atoms with Crippen molar-refractivity contribution < 1.29 is 8.91 Å². The van der Waals surface area contributed by atoms with E-state index in [4.69, 9.17) is 27.7 Å². The molecule has 0 atom stereocenters. The van der Waals surface area contributed by atoms with Crippen LogP contribution in [-0.4, -0.2) is 10.1 Å². The fraction of sp³-hybridized carbons (Fsp3) is 0. The Morgan fingerprint density at radius 3 is 2.74 bits per heavy atom. The van der Waals surface area contributed by atoms with Crippen LogP contribution >= 0.6 is 34.5 Å². The van der Waals surface area contributed by atoms with Crippen LogP contribution in [0.2, 0.25) is 10.0 Å². The molecule has 7 heteroatoms. The summed E-state index contributed by atoms with van der Waals surface area (Å²) in [6.07, 6.45) is 0. The molecule has 0 fully saturated rings. The zero-order chi connectivity index (χ0) is 13.4. The molecule has 3 aromatic rings. The molecule has 0 radical (unpaired) electrons. The smallest absolute Gasteiger partial charge is 0.269 e. The van der Waals surface area contributed by atoms with Crippen LogP contribution in [0, 0.1) is 5.82 Å². The molecular weight excluding hydrogens is 310 g/mol. The van der Waals surface area contributed by atoms with Gasteiger partial charge in [0.05, 0.1) is 10.6 Å². The normalized spacial score (nSPS) is 10.9. The topological polar surface area (TPSA) is 38.9 Å². The minimum absolute atomic E-state index is 0.161. The molecule has 1 aromatic carbocycles. The first-order valence-corrected chi connectivity index (χ1v) is 6.81. The third-order valence-electron chi connectivity index (χ3n) is 2.41. The first kappa shape index (κ1) is 12.6. The van der Waals surface area contributed by atoms with Crippen molar-refractivity contribution in [3.63, 3.8) is 0 Å². The van der Waals surface area contributed by atoms with E-state index in [9.17, 15) is 4.39 Å². The second-order valence-corrected chi connectivity index (χ2v) is 5.40. The van der Waals surface area contributed by atoms with Gasteiger partial charge >= 0.3 is 0 Å². The highest BCUT2D eigenvalue weighted by molar-refractivity contribution is 7.14. The van der Waals surface area contributed by atoms with Crippen LogP contribution < -0.4 is 0 Å². The number of hydrogen-bond donors (Lipinski definition) is 0. The van der Waals surface area contributed by atoms with Gasteiger partial charge < -0.3 is 4.52 Å². The number of thiophene rings is 1. The fourth-order valence-electron chi connectivity index (χ4n) is 1.54. The Morgan fingerprint density at radius 2 is 2.05 bits per heavy atom. The molecule has 0 saturated carbocycles. The molecule has 0 bridgehead atoms. The minimum Gasteiger partial charge on any atom is -0.333 e. The molecule has 19 heavy (non-hydrogen) atoms. The van der Waals surface area contributed by atoms with Crippen LogP contribution in [0.1, 0.15) is 0 Å². The van der Waals surface area contributed by atoms with E-state index in [1.807, 2.05) is 5.38 Å². The molecule has 2 heterocycles. The van der Waals surface area contributed by atoms with E-state index in [0.29, 0.717) is 14.9 Å². The Hall–Kier alpha value is -1.43. The molecule has 0 aliphatic heterocycles. The van der Waals surface area contributed by atoms with Gasteiger partial charge in [0.2, 0.25) is 5.82 Å². The van der Waals surface area contributed by atoms with Gasteiger partial charge in [-0.2, -0.15) is 4.98 Å². The van der Waals surface area contributed by atoms with E-state index in [-0.39, 0.29) is 17.3 Å². The monoisotopic (exact) mass is 314 g/mol. The summed E-state index contributed by atoms with van der Waals surface area (Å²) >= 11 is 13.0. The van der Waals surface area contributed by atoms with E-state index in [1.165, 1.54) is 23.5 Å². The molecule has 0 saturated heterocycles. The number of benzene rings is 1. The predicted octanol–water partition coefficient (Wildman–Crippen LogP) is 4.91. The van der Waals surface area contributed by atoms with Crippen molar-refractivity contribution in [2.45, 2.75) is 0 Å². The average molecular weight is 315 g/mol. The molecule has 0 N–H and O–H groups in total. The van der Waals surface area contributed by atoms with E-state index in [2.05, 4.69) is 10.1 Å². The second-order valence-electron chi connectivity index (χ2n) is 3.64. The van der Waals surface area contributed by atoms with Gasteiger partial charge in [-0.15, -0.1) is 11.3 Å².